The average molecular weight is 329 g/mol. The zero-order valence-corrected chi connectivity index (χ0v) is 12.7. The smallest absolute Gasteiger partial charge is 0.0844 e. The Morgan fingerprint density at radius 1 is 1.28 bits per heavy atom. The monoisotopic (exact) mass is 327 g/mol. The van der Waals surface area contributed by atoms with Crippen molar-refractivity contribution in [1.29, 1.82) is 0 Å². The van der Waals surface area contributed by atoms with E-state index in [0.29, 0.717) is 0 Å². The summed E-state index contributed by atoms with van der Waals surface area (Å²) in [5.41, 5.74) is 3.01. The molecule has 0 atom stereocenters. The van der Waals surface area contributed by atoms with Crippen LogP contribution in [0.5, 0.6) is 0 Å². The molecule has 1 N–H and O–H groups in total. The first kappa shape index (κ1) is 13.4. The van der Waals surface area contributed by atoms with Gasteiger partial charge in [0.2, 0.25) is 0 Å². The topological polar surface area (TPSA) is 29.9 Å². The maximum Gasteiger partial charge on any atom is 0.0844 e. The summed E-state index contributed by atoms with van der Waals surface area (Å²) in [5, 5.41) is 8.51. The molecule has 2 aromatic rings. The number of anilines is 1. The van der Waals surface area contributed by atoms with Gasteiger partial charge in [0.1, 0.15) is 0 Å². The Labute approximate surface area is 120 Å². The Hall–Kier alpha value is -1.00. The third-order valence-corrected chi connectivity index (χ3v) is 3.87. The van der Waals surface area contributed by atoms with Gasteiger partial charge in [0, 0.05) is 16.7 Å². The molecule has 2 rings (SSSR count). The molecule has 0 aliphatic heterocycles. The number of aromatic nitrogens is 2. The van der Waals surface area contributed by atoms with Crippen molar-refractivity contribution in [2.45, 2.75) is 20.4 Å². The van der Waals surface area contributed by atoms with Crippen molar-refractivity contribution in [3.8, 4) is 0 Å². The van der Waals surface area contributed by atoms with Crippen LogP contribution >= 0.6 is 27.5 Å². The number of benzene rings is 1. The largest absolute Gasteiger partial charge is 0.383 e. The Bertz CT molecular complexity index is 534. The van der Waals surface area contributed by atoms with Crippen LogP contribution in [0.4, 0.5) is 5.69 Å². The molecule has 1 heterocycles. The summed E-state index contributed by atoms with van der Waals surface area (Å²) < 4.78 is 3.02. The number of nitrogens with one attached hydrogen (secondary N) is 1. The SMILES string of the molecule is Cc1nn(CCNc2ccc(Br)cc2)c(C)c1Cl. The quantitative estimate of drug-likeness (QED) is 0.918. The molecule has 0 spiro atoms. The van der Waals surface area contributed by atoms with Gasteiger partial charge >= 0.3 is 0 Å². The molecule has 0 radical (unpaired) electrons. The molecule has 0 amide bonds. The molecule has 1 aromatic carbocycles. The highest BCUT2D eigenvalue weighted by atomic mass is 79.9. The van der Waals surface area contributed by atoms with Gasteiger partial charge in [0.15, 0.2) is 0 Å². The number of hydrogen-bond donors (Lipinski definition) is 1. The van der Waals surface area contributed by atoms with Crippen LogP contribution in [-0.4, -0.2) is 16.3 Å². The zero-order chi connectivity index (χ0) is 13.1. The fourth-order valence-corrected chi connectivity index (χ4v) is 2.17. The summed E-state index contributed by atoms with van der Waals surface area (Å²) >= 11 is 9.52. The number of aryl methyl sites for hydroxylation is 1. The van der Waals surface area contributed by atoms with Gasteiger partial charge in [-0.15, -0.1) is 0 Å². The second kappa shape index (κ2) is 5.76. The van der Waals surface area contributed by atoms with E-state index in [4.69, 9.17) is 11.6 Å². The third-order valence-electron chi connectivity index (χ3n) is 2.79. The standard InChI is InChI=1S/C13H15BrClN3/c1-9-13(15)10(2)18(17-9)8-7-16-12-5-3-11(14)4-6-12/h3-6,16H,7-8H2,1-2H3. The molecule has 0 bridgehead atoms. The summed E-state index contributed by atoms with van der Waals surface area (Å²) in [6, 6.07) is 8.11. The molecule has 0 aliphatic rings. The minimum atomic E-state index is 0.763. The molecule has 96 valence electrons. The van der Waals surface area contributed by atoms with Crippen molar-refractivity contribution in [1.82, 2.24) is 9.78 Å². The van der Waals surface area contributed by atoms with E-state index in [-0.39, 0.29) is 0 Å². The molecule has 3 nitrogen and oxygen atoms in total. The second-order valence-corrected chi connectivity index (χ2v) is 5.44. The lowest BCUT2D eigenvalue weighted by molar-refractivity contribution is 0.615. The Kier molecular flexibility index (Phi) is 4.30. The van der Waals surface area contributed by atoms with Gasteiger partial charge in [-0.1, -0.05) is 27.5 Å². The summed E-state index contributed by atoms with van der Waals surface area (Å²) in [4.78, 5) is 0. The van der Waals surface area contributed by atoms with Gasteiger partial charge in [-0.2, -0.15) is 5.10 Å². The van der Waals surface area contributed by atoms with Crippen molar-refractivity contribution >= 4 is 33.2 Å². The molecule has 1 aromatic heterocycles. The zero-order valence-electron chi connectivity index (χ0n) is 10.4. The van der Waals surface area contributed by atoms with Gasteiger partial charge in [-0.25, -0.2) is 0 Å². The van der Waals surface area contributed by atoms with E-state index in [9.17, 15) is 0 Å². The van der Waals surface area contributed by atoms with Crippen LogP contribution in [-0.2, 0) is 6.54 Å². The van der Waals surface area contributed by atoms with E-state index >= 15 is 0 Å². The van der Waals surface area contributed by atoms with Crippen LogP contribution in [0.25, 0.3) is 0 Å². The first-order valence-corrected chi connectivity index (χ1v) is 6.94. The number of hydrogen-bond acceptors (Lipinski definition) is 2. The molecule has 0 unspecified atom stereocenters. The maximum absolute atomic E-state index is 6.10. The molecule has 18 heavy (non-hydrogen) atoms. The van der Waals surface area contributed by atoms with Gasteiger partial charge in [-0.05, 0) is 38.1 Å². The highest BCUT2D eigenvalue weighted by Crippen LogP contribution is 2.19. The van der Waals surface area contributed by atoms with Gasteiger partial charge in [0.05, 0.1) is 23.0 Å². The maximum atomic E-state index is 6.10. The van der Waals surface area contributed by atoms with E-state index in [0.717, 1.165) is 39.7 Å². The lowest BCUT2D eigenvalue weighted by atomic mass is 10.3. The van der Waals surface area contributed by atoms with Crippen molar-refractivity contribution < 1.29 is 0 Å². The molecule has 0 saturated heterocycles. The fourth-order valence-electron chi connectivity index (χ4n) is 1.77. The molecule has 0 saturated carbocycles. The summed E-state index contributed by atoms with van der Waals surface area (Å²) in [6.07, 6.45) is 0. The Balaban J connectivity index is 1.92. The van der Waals surface area contributed by atoms with E-state index in [2.05, 4.69) is 26.3 Å². The van der Waals surface area contributed by atoms with Crippen LogP contribution in [0.1, 0.15) is 11.4 Å². The average Bonchev–Trinajstić information content (AvgIpc) is 2.60. The van der Waals surface area contributed by atoms with Crippen LogP contribution in [0, 0.1) is 13.8 Å². The van der Waals surface area contributed by atoms with E-state index in [1.165, 1.54) is 0 Å². The Morgan fingerprint density at radius 3 is 2.50 bits per heavy atom. The van der Waals surface area contributed by atoms with E-state index in [1.54, 1.807) is 0 Å². The molecule has 0 fully saturated rings. The normalized spacial score (nSPS) is 10.7. The fraction of sp³-hybridized carbons (Fsp3) is 0.308. The van der Waals surface area contributed by atoms with Crippen molar-refractivity contribution in [2.24, 2.45) is 0 Å². The third kappa shape index (κ3) is 3.06. The first-order chi connectivity index (χ1) is 8.58. The van der Waals surface area contributed by atoms with Gasteiger partial charge < -0.3 is 5.32 Å². The van der Waals surface area contributed by atoms with Crippen molar-refractivity contribution in [3.63, 3.8) is 0 Å². The van der Waals surface area contributed by atoms with Crippen molar-refractivity contribution in [2.75, 3.05) is 11.9 Å². The van der Waals surface area contributed by atoms with Crippen molar-refractivity contribution in [3.05, 3.63) is 45.1 Å². The predicted molar refractivity (Wildman–Crippen MR) is 79.3 cm³/mol. The lowest BCUT2D eigenvalue weighted by Crippen LogP contribution is -2.12. The number of rotatable bonds is 4. The predicted octanol–water partition coefficient (Wildman–Crippen LogP) is 4.03. The summed E-state index contributed by atoms with van der Waals surface area (Å²) in [7, 11) is 0. The van der Waals surface area contributed by atoms with Crippen LogP contribution < -0.4 is 5.32 Å². The minimum absolute atomic E-state index is 0.763. The highest BCUT2D eigenvalue weighted by Gasteiger charge is 2.08. The number of nitrogens with zero attached hydrogens (tertiary/aromatic N) is 2. The van der Waals surface area contributed by atoms with Gasteiger partial charge in [-0.3, -0.25) is 4.68 Å². The highest BCUT2D eigenvalue weighted by molar-refractivity contribution is 9.10. The summed E-state index contributed by atoms with van der Waals surface area (Å²) in [6.45, 7) is 5.53. The first-order valence-electron chi connectivity index (χ1n) is 5.77. The number of halogens is 2. The van der Waals surface area contributed by atoms with E-state index in [1.807, 2.05) is 42.8 Å². The van der Waals surface area contributed by atoms with Crippen LogP contribution in [0.3, 0.4) is 0 Å². The molecule has 5 heteroatoms. The van der Waals surface area contributed by atoms with Gasteiger partial charge in [0.25, 0.3) is 0 Å². The second-order valence-electron chi connectivity index (χ2n) is 4.14. The lowest BCUT2D eigenvalue weighted by Gasteiger charge is -2.08. The Morgan fingerprint density at radius 2 is 1.94 bits per heavy atom. The van der Waals surface area contributed by atoms with Crippen LogP contribution in [0.2, 0.25) is 5.02 Å². The molecular formula is C13H15BrClN3. The van der Waals surface area contributed by atoms with Crippen LogP contribution in [0.15, 0.2) is 28.7 Å². The molecule has 0 aliphatic carbocycles. The summed E-state index contributed by atoms with van der Waals surface area (Å²) in [5.74, 6) is 0. The van der Waals surface area contributed by atoms with E-state index < -0.39 is 0 Å². The molecular weight excluding hydrogens is 314 g/mol. The minimum Gasteiger partial charge on any atom is -0.383 e.